The van der Waals surface area contributed by atoms with Crippen LogP contribution >= 0.6 is 0 Å². The normalized spacial score (nSPS) is 13.3. The molecule has 0 amide bonds. The third-order valence-electron chi connectivity index (χ3n) is 3.29. The minimum atomic E-state index is -4.15. The standard InChI is InChI=1S/C14H17N3O6S/c1-7(2)5-11(14(20)21)17-24(22,23)8-3-4-9-10(6-8)16-13(19)12(18)15-9/h3-4,6-7,11,17H,5H2,1-2H3,(H,15,18)(H,16,19)(H,20,21)/p-1/t11-/m1/s1. The molecule has 0 bridgehead atoms. The zero-order valence-electron chi connectivity index (χ0n) is 13.0. The molecule has 0 saturated carbocycles. The molecule has 9 nitrogen and oxygen atoms in total. The Kier molecular flexibility index (Phi) is 4.90. The first-order valence-electron chi connectivity index (χ1n) is 7.09. The molecule has 24 heavy (non-hydrogen) atoms. The van der Waals surface area contributed by atoms with Crippen LogP contribution < -0.4 is 20.9 Å². The van der Waals surface area contributed by atoms with Gasteiger partial charge in [-0.2, -0.15) is 0 Å². The number of fused-ring (bicyclic) bond motifs is 1. The van der Waals surface area contributed by atoms with E-state index in [-0.39, 0.29) is 28.3 Å². The van der Waals surface area contributed by atoms with Crippen molar-refractivity contribution >= 4 is 27.0 Å². The number of rotatable bonds is 6. The predicted octanol–water partition coefficient (Wildman–Crippen LogP) is -1.34. The molecule has 0 unspecified atom stereocenters. The van der Waals surface area contributed by atoms with Crippen LogP contribution in [-0.4, -0.2) is 30.4 Å². The Morgan fingerprint density at radius 1 is 1.17 bits per heavy atom. The molecule has 1 heterocycles. The van der Waals surface area contributed by atoms with E-state index in [1.54, 1.807) is 13.8 Å². The highest BCUT2D eigenvalue weighted by molar-refractivity contribution is 7.89. The average Bonchev–Trinajstić information content (AvgIpc) is 2.46. The largest absolute Gasteiger partial charge is 0.548 e. The van der Waals surface area contributed by atoms with Crippen molar-refractivity contribution in [3.05, 3.63) is 38.9 Å². The molecule has 1 aromatic carbocycles. The SMILES string of the molecule is CC(C)C[C@@H](NS(=O)(=O)c1ccc2[nH]c(=O)c(=O)[nH]c2c1)C(=O)[O-]. The Balaban J connectivity index is 2.43. The predicted molar refractivity (Wildman–Crippen MR) is 83.8 cm³/mol. The summed E-state index contributed by atoms with van der Waals surface area (Å²) in [4.78, 5) is 38.0. The second-order valence-electron chi connectivity index (χ2n) is 5.74. The number of sulfonamides is 1. The first-order valence-corrected chi connectivity index (χ1v) is 8.58. The van der Waals surface area contributed by atoms with Gasteiger partial charge in [0.05, 0.1) is 27.9 Å². The number of carbonyl (C=O) groups is 1. The van der Waals surface area contributed by atoms with Crippen molar-refractivity contribution in [3.63, 3.8) is 0 Å². The van der Waals surface area contributed by atoms with Crippen LogP contribution in [0, 0.1) is 5.92 Å². The highest BCUT2D eigenvalue weighted by Crippen LogP contribution is 2.16. The lowest BCUT2D eigenvalue weighted by molar-refractivity contribution is -0.308. The number of aromatic amines is 2. The highest BCUT2D eigenvalue weighted by atomic mass is 32.2. The van der Waals surface area contributed by atoms with Crippen LogP contribution in [0.15, 0.2) is 32.7 Å². The minimum absolute atomic E-state index is 0.0615. The lowest BCUT2D eigenvalue weighted by Gasteiger charge is -2.21. The van der Waals surface area contributed by atoms with Gasteiger partial charge in [0.25, 0.3) is 0 Å². The Bertz CT molecular complexity index is 989. The van der Waals surface area contributed by atoms with Crippen LogP contribution in [0.2, 0.25) is 0 Å². The van der Waals surface area contributed by atoms with Gasteiger partial charge in [-0.3, -0.25) is 9.59 Å². The quantitative estimate of drug-likeness (QED) is 0.546. The maximum Gasteiger partial charge on any atom is 0.314 e. The number of carboxylic acids is 1. The summed E-state index contributed by atoms with van der Waals surface area (Å²) in [7, 11) is -4.15. The van der Waals surface area contributed by atoms with Crippen molar-refractivity contribution in [2.24, 2.45) is 5.92 Å². The van der Waals surface area contributed by atoms with Gasteiger partial charge < -0.3 is 19.9 Å². The molecule has 1 aromatic heterocycles. The molecule has 0 spiro atoms. The van der Waals surface area contributed by atoms with Gasteiger partial charge >= 0.3 is 11.1 Å². The van der Waals surface area contributed by atoms with Crippen molar-refractivity contribution in [2.45, 2.75) is 31.2 Å². The summed E-state index contributed by atoms with van der Waals surface area (Å²) in [5.41, 5.74) is -1.42. The zero-order valence-corrected chi connectivity index (χ0v) is 13.8. The van der Waals surface area contributed by atoms with Gasteiger partial charge in [-0.15, -0.1) is 0 Å². The Morgan fingerprint density at radius 3 is 2.29 bits per heavy atom. The molecule has 0 aliphatic heterocycles. The second-order valence-corrected chi connectivity index (χ2v) is 7.45. The van der Waals surface area contributed by atoms with Gasteiger partial charge in [0.15, 0.2) is 0 Å². The van der Waals surface area contributed by atoms with Crippen LogP contribution in [0.4, 0.5) is 0 Å². The number of hydrogen-bond acceptors (Lipinski definition) is 6. The summed E-state index contributed by atoms with van der Waals surface area (Å²) in [5.74, 6) is -1.58. The summed E-state index contributed by atoms with van der Waals surface area (Å²) >= 11 is 0. The van der Waals surface area contributed by atoms with Crippen LogP contribution in [0.5, 0.6) is 0 Å². The van der Waals surface area contributed by atoms with Gasteiger partial charge in [-0.05, 0) is 30.5 Å². The number of H-pyrrole nitrogens is 2. The Labute approximate surface area is 136 Å². The molecule has 3 N–H and O–H groups in total. The van der Waals surface area contributed by atoms with Crippen molar-refractivity contribution < 1.29 is 18.3 Å². The molecular weight excluding hydrogens is 338 g/mol. The third kappa shape index (κ3) is 3.89. The second kappa shape index (κ2) is 6.57. The summed E-state index contributed by atoms with van der Waals surface area (Å²) in [5, 5.41) is 11.1. The van der Waals surface area contributed by atoms with E-state index >= 15 is 0 Å². The monoisotopic (exact) mass is 354 g/mol. The first-order chi connectivity index (χ1) is 11.1. The van der Waals surface area contributed by atoms with Crippen molar-refractivity contribution in [1.29, 1.82) is 0 Å². The molecule has 0 aliphatic rings. The summed E-state index contributed by atoms with van der Waals surface area (Å²) < 4.78 is 26.8. The van der Waals surface area contributed by atoms with E-state index in [2.05, 4.69) is 14.7 Å². The van der Waals surface area contributed by atoms with Gasteiger partial charge in [0, 0.05) is 0 Å². The topological polar surface area (TPSA) is 152 Å². The summed E-state index contributed by atoms with van der Waals surface area (Å²) in [6.45, 7) is 3.50. The van der Waals surface area contributed by atoms with Crippen LogP contribution in [-0.2, 0) is 14.8 Å². The van der Waals surface area contributed by atoms with E-state index < -0.39 is 33.2 Å². The molecule has 1 atom stereocenters. The van der Waals surface area contributed by atoms with Crippen molar-refractivity contribution in [2.75, 3.05) is 0 Å². The number of benzene rings is 1. The fourth-order valence-corrected chi connectivity index (χ4v) is 3.40. The fourth-order valence-electron chi connectivity index (χ4n) is 2.18. The average molecular weight is 354 g/mol. The number of aromatic nitrogens is 2. The van der Waals surface area contributed by atoms with E-state index in [0.717, 1.165) is 6.07 Å². The molecule has 10 heteroatoms. The fraction of sp³-hybridized carbons (Fsp3) is 0.357. The molecular formula is C14H16N3O6S-. The minimum Gasteiger partial charge on any atom is -0.548 e. The van der Waals surface area contributed by atoms with E-state index in [0.29, 0.717) is 0 Å². The van der Waals surface area contributed by atoms with Gasteiger partial charge in [0.1, 0.15) is 0 Å². The number of nitrogens with one attached hydrogen (secondary N) is 3. The maximum atomic E-state index is 12.4. The lowest BCUT2D eigenvalue weighted by Crippen LogP contribution is -2.48. The molecule has 0 fully saturated rings. The Morgan fingerprint density at radius 2 is 1.75 bits per heavy atom. The lowest BCUT2D eigenvalue weighted by atomic mass is 10.1. The van der Waals surface area contributed by atoms with E-state index in [4.69, 9.17) is 0 Å². The number of carboxylic acid groups (broad SMARTS) is 1. The number of aliphatic carboxylic acids is 1. The molecule has 130 valence electrons. The van der Waals surface area contributed by atoms with Gasteiger partial charge in [0.2, 0.25) is 10.0 Å². The Hall–Kier alpha value is -2.46. The van der Waals surface area contributed by atoms with E-state index in [9.17, 15) is 27.9 Å². The van der Waals surface area contributed by atoms with Crippen LogP contribution in [0.25, 0.3) is 11.0 Å². The molecule has 2 rings (SSSR count). The first kappa shape index (κ1) is 17.9. The van der Waals surface area contributed by atoms with Crippen LogP contribution in [0.1, 0.15) is 20.3 Å². The number of hydrogen-bond donors (Lipinski definition) is 3. The smallest absolute Gasteiger partial charge is 0.314 e. The summed E-state index contributed by atoms with van der Waals surface area (Å²) in [6.07, 6.45) is 0.0687. The third-order valence-corrected chi connectivity index (χ3v) is 4.76. The van der Waals surface area contributed by atoms with E-state index in [1.165, 1.54) is 12.1 Å². The molecule has 0 radical (unpaired) electrons. The molecule has 0 aliphatic carbocycles. The maximum absolute atomic E-state index is 12.4. The zero-order chi connectivity index (χ0) is 18.1. The van der Waals surface area contributed by atoms with Crippen molar-refractivity contribution in [1.82, 2.24) is 14.7 Å². The van der Waals surface area contributed by atoms with Crippen LogP contribution in [0.3, 0.4) is 0 Å². The summed E-state index contributed by atoms with van der Waals surface area (Å²) in [6, 6.07) is 2.26. The van der Waals surface area contributed by atoms with E-state index in [1.807, 2.05) is 0 Å². The molecule has 0 saturated heterocycles. The van der Waals surface area contributed by atoms with Crippen molar-refractivity contribution in [3.8, 4) is 0 Å². The highest BCUT2D eigenvalue weighted by Gasteiger charge is 2.22. The van der Waals surface area contributed by atoms with Gasteiger partial charge in [-0.1, -0.05) is 13.8 Å². The number of carbonyl (C=O) groups excluding carboxylic acids is 1. The molecule has 2 aromatic rings. The van der Waals surface area contributed by atoms with Gasteiger partial charge in [-0.25, -0.2) is 13.1 Å².